The van der Waals surface area contributed by atoms with Crippen molar-refractivity contribution in [3.63, 3.8) is 0 Å². The normalized spacial score (nSPS) is 10.9. The Balaban J connectivity index is 1.92. The van der Waals surface area contributed by atoms with Crippen LogP contribution in [-0.4, -0.2) is 28.0 Å². The molecule has 2 aromatic rings. The fourth-order valence-corrected chi connectivity index (χ4v) is 3.99. The lowest BCUT2D eigenvalue weighted by atomic mass is 10.3. The van der Waals surface area contributed by atoms with Gasteiger partial charge in [-0.3, -0.25) is 4.79 Å². The van der Waals surface area contributed by atoms with Crippen molar-refractivity contribution >= 4 is 69.5 Å². The molecule has 5 nitrogen and oxygen atoms in total. The zero-order chi connectivity index (χ0) is 17.0. The second-order valence-corrected chi connectivity index (χ2v) is 8.00. The van der Waals surface area contributed by atoms with Crippen molar-refractivity contribution in [2.75, 3.05) is 11.1 Å². The molecular weight excluding hydrogens is 401 g/mol. The fourth-order valence-electron chi connectivity index (χ4n) is 1.47. The molecule has 124 valence electrons. The van der Waals surface area contributed by atoms with Gasteiger partial charge in [0.25, 0.3) is 5.19 Å². The van der Waals surface area contributed by atoms with Crippen molar-refractivity contribution in [3.05, 3.63) is 27.2 Å². The number of hydrogen-bond donors (Lipinski definition) is 1. The highest BCUT2D eigenvalue weighted by molar-refractivity contribution is 8.01. The van der Waals surface area contributed by atoms with Gasteiger partial charge in [0.05, 0.1) is 27.6 Å². The lowest BCUT2D eigenvalue weighted by Crippen LogP contribution is -2.14. The fraction of sp³-hybridized carbons (Fsp3) is 0.308. The Labute approximate surface area is 156 Å². The Hall–Kier alpha value is -0.730. The van der Waals surface area contributed by atoms with Crippen LogP contribution >= 0.6 is 57.9 Å². The first-order chi connectivity index (χ1) is 10.8. The molecule has 0 radical (unpaired) electrons. The Kier molecular flexibility index (Phi) is 6.79. The van der Waals surface area contributed by atoms with E-state index in [-0.39, 0.29) is 27.8 Å². The second kappa shape index (κ2) is 8.39. The number of amides is 1. The molecule has 1 amide bonds. The van der Waals surface area contributed by atoms with Gasteiger partial charge in [-0.1, -0.05) is 51.7 Å². The van der Waals surface area contributed by atoms with Crippen molar-refractivity contribution in [3.8, 4) is 5.19 Å². The quantitative estimate of drug-likeness (QED) is 0.675. The van der Waals surface area contributed by atoms with Gasteiger partial charge in [0.2, 0.25) is 5.91 Å². The number of aromatic nitrogens is 2. The number of nitrogens with zero attached hydrogens (tertiary/aromatic N) is 2. The third-order valence-electron chi connectivity index (χ3n) is 2.32. The number of carbonyl (C=O) groups is 1. The molecule has 23 heavy (non-hydrogen) atoms. The minimum atomic E-state index is -0.261. The van der Waals surface area contributed by atoms with Crippen LogP contribution < -0.4 is 10.1 Å². The van der Waals surface area contributed by atoms with Crippen LogP contribution in [0.1, 0.15) is 13.8 Å². The summed E-state index contributed by atoms with van der Waals surface area (Å²) in [5.74, 6) is -0.117. The Morgan fingerprint density at radius 1 is 1.30 bits per heavy atom. The van der Waals surface area contributed by atoms with Gasteiger partial charge in [0.1, 0.15) is 0 Å². The Morgan fingerprint density at radius 3 is 2.57 bits per heavy atom. The van der Waals surface area contributed by atoms with Crippen molar-refractivity contribution in [1.29, 1.82) is 0 Å². The SMILES string of the molecule is CC(C)Oc1nnc(SCC(=O)Nc2c(Cl)cc(Cl)cc2Cl)s1. The summed E-state index contributed by atoms with van der Waals surface area (Å²) in [7, 11) is 0. The maximum absolute atomic E-state index is 12.0. The number of halogens is 3. The van der Waals surface area contributed by atoms with Crippen LogP contribution in [0.2, 0.25) is 15.1 Å². The number of ether oxygens (including phenoxy) is 1. The van der Waals surface area contributed by atoms with Gasteiger partial charge in [-0.05, 0) is 37.3 Å². The zero-order valence-corrected chi connectivity index (χ0v) is 16.0. The summed E-state index contributed by atoms with van der Waals surface area (Å²) in [6.07, 6.45) is 0.0262. The molecule has 1 heterocycles. The molecule has 0 aliphatic carbocycles. The third kappa shape index (κ3) is 5.69. The van der Waals surface area contributed by atoms with E-state index >= 15 is 0 Å². The summed E-state index contributed by atoms with van der Waals surface area (Å²) < 4.78 is 6.07. The highest BCUT2D eigenvalue weighted by atomic mass is 35.5. The molecule has 0 aliphatic rings. The molecule has 0 aliphatic heterocycles. The summed E-state index contributed by atoms with van der Waals surface area (Å²) in [4.78, 5) is 12.0. The summed E-state index contributed by atoms with van der Waals surface area (Å²) >= 11 is 20.4. The van der Waals surface area contributed by atoms with Gasteiger partial charge < -0.3 is 10.1 Å². The number of carbonyl (C=O) groups excluding carboxylic acids is 1. The molecule has 0 bridgehead atoms. The lowest BCUT2D eigenvalue weighted by Gasteiger charge is -2.09. The van der Waals surface area contributed by atoms with E-state index in [1.54, 1.807) is 0 Å². The predicted octanol–water partition coefficient (Wildman–Crippen LogP) is 5.02. The maximum atomic E-state index is 12.0. The largest absolute Gasteiger partial charge is 0.466 e. The van der Waals surface area contributed by atoms with Gasteiger partial charge in [0.15, 0.2) is 4.34 Å². The highest BCUT2D eigenvalue weighted by Gasteiger charge is 2.13. The molecule has 0 saturated carbocycles. The van der Waals surface area contributed by atoms with Gasteiger partial charge in [-0.15, -0.1) is 5.10 Å². The molecule has 2 rings (SSSR count). The summed E-state index contributed by atoms with van der Waals surface area (Å²) in [5.41, 5.74) is 0.337. The van der Waals surface area contributed by atoms with Gasteiger partial charge in [-0.25, -0.2) is 0 Å². The molecular formula is C13H12Cl3N3O2S2. The first kappa shape index (κ1) is 18.6. The monoisotopic (exact) mass is 411 g/mol. The predicted molar refractivity (Wildman–Crippen MR) is 96.5 cm³/mol. The summed E-state index contributed by atoms with van der Waals surface area (Å²) in [5, 5.41) is 11.9. The third-order valence-corrected chi connectivity index (χ3v) is 5.08. The van der Waals surface area contributed by atoms with E-state index in [9.17, 15) is 4.79 Å². The average Bonchev–Trinajstić information content (AvgIpc) is 2.87. The molecule has 0 atom stereocenters. The molecule has 1 aromatic heterocycles. The summed E-state index contributed by atoms with van der Waals surface area (Å²) in [6, 6.07) is 3.02. The lowest BCUT2D eigenvalue weighted by molar-refractivity contribution is -0.113. The van der Waals surface area contributed by atoms with E-state index in [4.69, 9.17) is 39.5 Å². The number of anilines is 1. The summed E-state index contributed by atoms with van der Waals surface area (Å²) in [6.45, 7) is 3.81. The van der Waals surface area contributed by atoms with Gasteiger partial charge in [-0.2, -0.15) is 0 Å². The number of hydrogen-bond acceptors (Lipinski definition) is 6. The average molecular weight is 413 g/mol. The molecule has 1 N–H and O–H groups in total. The van der Waals surface area contributed by atoms with Crippen LogP contribution in [0.5, 0.6) is 5.19 Å². The van der Waals surface area contributed by atoms with Crippen molar-refractivity contribution in [1.82, 2.24) is 10.2 Å². The Morgan fingerprint density at radius 2 is 1.96 bits per heavy atom. The maximum Gasteiger partial charge on any atom is 0.295 e. The molecule has 0 unspecified atom stereocenters. The number of benzene rings is 1. The van der Waals surface area contributed by atoms with Gasteiger partial charge >= 0.3 is 0 Å². The number of rotatable bonds is 6. The first-order valence-corrected chi connectivity index (χ1v) is 9.36. The van der Waals surface area contributed by atoms with Crippen LogP contribution in [0, 0.1) is 0 Å². The van der Waals surface area contributed by atoms with Gasteiger partial charge in [0, 0.05) is 5.02 Å². The van der Waals surface area contributed by atoms with E-state index < -0.39 is 0 Å². The van der Waals surface area contributed by atoms with E-state index in [2.05, 4.69) is 15.5 Å². The minimum absolute atomic E-state index is 0.0262. The van der Waals surface area contributed by atoms with E-state index in [0.29, 0.717) is 20.2 Å². The molecule has 10 heteroatoms. The van der Waals surface area contributed by atoms with Crippen LogP contribution in [0.3, 0.4) is 0 Å². The van der Waals surface area contributed by atoms with E-state index in [0.717, 1.165) is 0 Å². The standard InChI is InChI=1S/C13H12Cl3N3O2S2/c1-6(2)21-12-18-19-13(23-12)22-5-10(20)17-11-8(15)3-7(14)4-9(11)16/h3-4,6H,5H2,1-2H3,(H,17,20). The molecule has 0 fully saturated rings. The zero-order valence-electron chi connectivity index (χ0n) is 12.1. The number of thioether (sulfide) groups is 1. The molecule has 1 aromatic carbocycles. The number of nitrogens with one attached hydrogen (secondary N) is 1. The van der Waals surface area contributed by atoms with Crippen molar-refractivity contribution in [2.45, 2.75) is 24.3 Å². The smallest absolute Gasteiger partial charge is 0.295 e. The van der Waals surface area contributed by atoms with Crippen LogP contribution in [0.4, 0.5) is 5.69 Å². The van der Waals surface area contributed by atoms with Crippen LogP contribution in [0.15, 0.2) is 16.5 Å². The topological polar surface area (TPSA) is 64.1 Å². The van der Waals surface area contributed by atoms with E-state index in [1.807, 2.05) is 13.8 Å². The van der Waals surface area contributed by atoms with Crippen LogP contribution in [-0.2, 0) is 4.79 Å². The second-order valence-electron chi connectivity index (χ2n) is 4.58. The van der Waals surface area contributed by atoms with Crippen LogP contribution in [0.25, 0.3) is 0 Å². The van der Waals surface area contributed by atoms with E-state index in [1.165, 1.54) is 35.2 Å². The van der Waals surface area contributed by atoms with Crippen molar-refractivity contribution in [2.24, 2.45) is 0 Å². The highest BCUT2D eigenvalue weighted by Crippen LogP contribution is 2.34. The minimum Gasteiger partial charge on any atom is -0.466 e. The first-order valence-electron chi connectivity index (χ1n) is 6.42. The van der Waals surface area contributed by atoms with Crippen molar-refractivity contribution < 1.29 is 9.53 Å². The Bertz CT molecular complexity index is 687. The molecule has 0 spiro atoms. The molecule has 0 saturated heterocycles.